The van der Waals surface area contributed by atoms with Crippen molar-refractivity contribution in [3.8, 4) is 5.75 Å². The molecule has 0 spiro atoms. The van der Waals surface area contributed by atoms with E-state index in [-0.39, 0.29) is 0 Å². The van der Waals surface area contributed by atoms with Gasteiger partial charge in [-0.15, -0.1) is 0 Å². The van der Waals surface area contributed by atoms with E-state index in [1.165, 1.54) is 0 Å². The third kappa shape index (κ3) is 2.45. The van der Waals surface area contributed by atoms with Crippen molar-refractivity contribution in [3.05, 3.63) is 42.0 Å². The molecule has 2 rings (SSSR count). The van der Waals surface area contributed by atoms with Crippen molar-refractivity contribution in [3.63, 3.8) is 0 Å². The average molecular weight is 244 g/mol. The molecule has 2 aromatic carbocycles. The molecule has 0 atom stereocenters. The van der Waals surface area contributed by atoms with Crippen LogP contribution in [0.25, 0.3) is 10.8 Å². The summed E-state index contributed by atoms with van der Waals surface area (Å²) < 4.78 is 5.70. The highest BCUT2D eigenvalue weighted by Crippen LogP contribution is 2.28. The Bertz CT molecular complexity index is 561. The summed E-state index contributed by atoms with van der Waals surface area (Å²) in [5.74, 6) is -0.157. The third-order valence-corrected chi connectivity index (χ3v) is 2.87. The molecule has 0 aliphatic rings. The number of carbonyl (C=O) groups is 1. The molecule has 0 heterocycles. The van der Waals surface area contributed by atoms with Crippen LogP contribution in [-0.2, 0) is 0 Å². The molecule has 0 amide bonds. The van der Waals surface area contributed by atoms with E-state index in [4.69, 9.17) is 9.84 Å². The Balaban J connectivity index is 2.44. The number of rotatable bonds is 5. The predicted molar refractivity (Wildman–Crippen MR) is 71.3 cm³/mol. The van der Waals surface area contributed by atoms with Gasteiger partial charge >= 0.3 is 5.97 Å². The minimum Gasteiger partial charge on any atom is -0.493 e. The molecule has 1 N–H and O–H groups in total. The van der Waals surface area contributed by atoms with Crippen molar-refractivity contribution in [2.24, 2.45) is 0 Å². The van der Waals surface area contributed by atoms with Gasteiger partial charge in [-0.2, -0.15) is 0 Å². The maximum Gasteiger partial charge on any atom is 0.336 e. The quantitative estimate of drug-likeness (QED) is 0.815. The Morgan fingerprint density at radius 3 is 2.56 bits per heavy atom. The molecular formula is C15H16O3. The lowest BCUT2D eigenvalue weighted by atomic mass is 10.0. The molecule has 0 aliphatic carbocycles. The van der Waals surface area contributed by atoms with E-state index in [9.17, 15) is 4.79 Å². The van der Waals surface area contributed by atoms with Crippen LogP contribution >= 0.6 is 0 Å². The van der Waals surface area contributed by atoms with Gasteiger partial charge < -0.3 is 9.84 Å². The van der Waals surface area contributed by atoms with Crippen LogP contribution in [0.1, 0.15) is 30.1 Å². The summed E-state index contributed by atoms with van der Waals surface area (Å²) in [7, 11) is 0. The Labute approximate surface area is 106 Å². The number of fused-ring (bicyclic) bond motifs is 1. The first-order valence-corrected chi connectivity index (χ1v) is 6.12. The topological polar surface area (TPSA) is 46.5 Å². The van der Waals surface area contributed by atoms with Crippen molar-refractivity contribution < 1.29 is 14.6 Å². The lowest BCUT2D eigenvalue weighted by Gasteiger charge is -2.10. The van der Waals surface area contributed by atoms with Crippen molar-refractivity contribution in [2.75, 3.05) is 6.61 Å². The molecule has 3 heteroatoms. The van der Waals surface area contributed by atoms with Gasteiger partial charge in [0.15, 0.2) is 0 Å². The summed E-state index contributed by atoms with van der Waals surface area (Å²) in [5.41, 5.74) is 0.313. The van der Waals surface area contributed by atoms with Crippen molar-refractivity contribution in [1.82, 2.24) is 0 Å². The zero-order valence-electron chi connectivity index (χ0n) is 10.3. The van der Waals surface area contributed by atoms with Crippen LogP contribution in [0, 0.1) is 0 Å². The minimum absolute atomic E-state index is 0.313. The Morgan fingerprint density at radius 2 is 1.89 bits per heavy atom. The normalized spacial score (nSPS) is 10.5. The van der Waals surface area contributed by atoms with E-state index in [1.54, 1.807) is 12.1 Å². The summed E-state index contributed by atoms with van der Waals surface area (Å²) in [6.07, 6.45) is 2.07. The van der Waals surface area contributed by atoms with Crippen LogP contribution < -0.4 is 4.74 Å². The molecule has 18 heavy (non-hydrogen) atoms. The summed E-state index contributed by atoms with van der Waals surface area (Å²) in [6, 6.07) is 10.8. The molecule has 0 bridgehead atoms. The summed E-state index contributed by atoms with van der Waals surface area (Å²) in [6.45, 7) is 2.77. The smallest absolute Gasteiger partial charge is 0.336 e. The van der Waals surface area contributed by atoms with Crippen LogP contribution in [0.2, 0.25) is 0 Å². The molecule has 0 saturated carbocycles. The van der Waals surface area contributed by atoms with E-state index < -0.39 is 5.97 Å². The predicted octanol–water partition coefficient (Wildman–Crippen LogP) is 3.72. The van der Waals surface area contributed by atoms with Gasteiger partial charge in [-0.25, -0.2) is 4.79 Å². The number of aromatic carboxylic acids is 1. The molecular weight excluding hydrogens is 228 g/mol. The largest absolute Gasteiger partial charge is 0.493 e. The monoisotopic (exact) mass is 244 g/mol. The maximum atomic E-state index is 11.1. The van der Waals surface area contributed by atoms with Crippen LogP contribution in [0.5, 0.6) is 5.75 Å². The standard InChI is InChI=1S/C15H16O3/c1-2-3-10-18-14-9-8-13(15(16)17)11-6-4-5-7-12(11)14/h4-9H,2-3,10H2,1H3,(H,16,17). The SMILES string of the molecule is CCCCOc1ccc(C(=O)O)c2ccccc12. The van der Waals surface area contributed by atoms with E-state index in [1.807, 2.05) is 24.3 Å². The first kappa shape index (κ1) is 12.4. The second kappa shape index (κ2) is 5.54. The first-order chi connectivity index (χ1) is 8.74. The number of hydrogen-bond acceptors (Lipinski definition) is 2. The highest BCUT2D eigenvalue weighted by molar-refractivity contribution is 6.05. The van der Waals surface area contributed by atoms with E-state index in [2.05, 4.69) is 6.92 Å². The van der Waals surface area contributed by atoms with Crippen LogP contribution in [0.15, 0.2) is 36.4 Å². The molecule has 0 aliphatic heterocycles. The van der Waals surface area contributed by atoms with Crippen LogP contribution in [-0.4, -0.2) is 17.7 Å². The van der Waals surface area contributed by atoms with E-state index >= 15 is 0 Å². The maximum absolute atomic E-state index is 11.1. The number of benzene rings is 2. The fourth-order valence-electron chi connectivity index (χ4n) is 1.91. The Hall–Kier alpha value is -2.03. The van der Waals surface area contributed by atoms with Gasteiger partial charge in [-0.3, -0.25) is 0 Å². The van der Waals surface area contributed by atoms with Gasteiger partial charge in [0.2, 0.25) is 0 Å². The fraction of sp³-hybridized carbons (Fsp3) is 0.267. The number of carboxylic acid groups (broad SMARTS) is 1. The fourth-order valence-corrected chi connectivity index (χ4v) is 1.91. The van der Waals surface area contributed by atoms with E-state index in [0.29, 0.717) is 12.2 Å². The van der Waals surface area contributed by atoms with Crippen molar-refractivity contribution >= 4 is 16.7 Å². The number of hydrogen-bond donors (Lipinski definition) is 1. The summed E-state index contributed by atoms with van der Waals surface area (Å²) in [5, 5.41) is 10.7. The Morgan fingerprint density at radius 1 is 1.17 bits per heavy atom. The van der Waals surface area contributed by atoms with Crippen LogP contribution in [0.3, 0.4) is 0 Å². The summed E-state index contributed by atoms with van der Waals surface area (Å²) in [4.78, 5) is 11.1. The number of ether oxygens (including phenoxy) is 1. The van der Waals surface area contributed by atoms with Gasteiger partial charge in [-0.1, -0.05) is 37.6 Å². The number of unbranched alkanes of at least 4 members (excludes halogenated alkanes) is 1. The molecule has 0 unspecified atom stereocenters. The zero-order valence-corrected chi connectivity index (χ0v) is 10.3. The first-order valence-electron chi connectivity index (χ1n) is 6.12. The lowest BCUT2D eigenvalue weighted by Crippen LogP contribution is -2.01. The molecule has 3 nitrogen and oxygen atoms in total. The minimum atomic E-state index is -0.911. The Kier molecular flexibility index (Phi) is 3.82. The third-order valence-electron chi connectivity index (χ3n) is 2.87. The molecule has 0 aromatic heterocycles. The van der Waals surface area contributed by atoms with E-state index in [0.717, 1.165) is 29.4 Å². The lowest BCUT2D eigenvalue weighted by molar-refractivity contribution is 0.0699. The highest BCUT2D eigenvalue weighted by atomic mass is 16.5. The average Bonchev–Trinajstić information content (AvgIpc) is 2.38. The van der Waals surface area contributed by atoms with Gasteiger partial charge in [0, 0.05) is 5.39 Å². The van der Waals surface area contributed by atoms with Crippen LogP contribution in [0.4, 0.5) is 0 Å². The molecule has 2 aromatic rings. The molecule has 94 valence electrons. The van der Waals surface area contributed by atoms with Gasteiger partial charge in [0.1, 0.15) is 5.75 Å². The van der Waals surface area contributed by atoms with Gasteiger partial charge in [0.05, 0.1) is 12.2 Å². The zero-order chi connectivity index (χ0) is 13.0. The van der Waals surface area contributed by atoms with Crippen molar-refractivity contribution in [1.29, 1.82) is 0 Å². The molecule has 0 fully saturated rings. The second-order valence-electron chi connectivity index (χ2n) is 4.16. The van der Waals surface area contributed by atoms with Gasteiger partial charge in [0.25, 0.3) is 0 Å². The second-order valence-corrected chi connectivity index (χ2v) is 4.16. The molecule has 0 radical (unpaired) electrons. The number of carboxylic acids is 1. The summed E-state index contributed by atoms with van der Waals surface area (Å²) >= 11 is 0. The molecule has 0 saturated heterocycles. The van der Waals surface area contributed by atoms with Gasteiger partial charge in [-0.05, 0) is 23.9 Å². The van der Waals surface area contributed by atoms with Crippen molar-refractivity contribution in [2.45, 2.75) is 19.8 Å². The highest BCUT2D eigenvalue weighted by Gasteiger charge is 2.11.